The predicted octanol–water partition coefficient (Wildman–Crippen LogP) is 0.552. The molecule has 0 amide bonds. The topological polar surface area (TPSA) is 59.4 Å². The molecule has 2 heterocycles. The maximum atomic E-state index is 4.21. The number of hydrogen-bond acceptors (Lipinski definition) is 3. The van der Waals surface area contributed by atoms with Crippen LogP contribution in [-0.4, -0.2) is 24.7 Å². The number of aromatic amines is 1. The van der Waals surface area contributed by atoms with Crippen LogP contribution in [-0.2, 0) is 13.0 Å². The van der Waals surface area contributed by atoms with Gasteiger partial charge in [0.15, 0.2) is 5.82 Å². The number of rotatable bonds is 3. The molecule has 0 atom stereocenters. The van der Waals surface area contributed by atoms with Crippen molar-refractivity contribution in [3.63, 3.8) is 0 Å². The predicted molar refractivity (Wildman–Crippen MR) is 47.1 cm³/mol. The lowest BCUT2D eigenvalue weighted by Gasteiger charge is -1.96. The summed E-state index contributed by atoms with van der Waals surface area (Å²) in [4.78, 5) is 8.16. The second-order valence-corrected chi connectivity index (χ2v) is 2.89. The Morgan fingerprint density at radius 2 is 2.46 bits per heavy atom. The van der Waals surface area contributed by atoms with Crippen molar-refractivity contribution in [2.45, 2.75) is 19.9 Å². The van der Waals surface area contributed by atoms with Crippen molar-refractivity contribution in [1.29, 1.82) is 0 Å². The summed E-state index contributed by atoms with van der Waals surface area (Å²) in [5.74, 6) is 1.71. The van der Waals surface area contributed by atoms with Crippen molar-refractivity contribution in [2.75, 3.05) is 0 Å². The first-order chi connectivity index (χ1) is 6.34. The molecular weight excluding hydrogens is 166 g/mol. The van der Waals surface area contributed by atoms with Crippen molar-refractivity contribution in [3.8, 4) is 0 Å². The van der Waals surface area contributed by atoms with Crippen LogP contribution in [0.2, 0.25) is 0 Å². The van der Waals surface area contributed by atoms with Crippen molar-refractivity contribution in [1.82, 2.24) is 24.7 Å². The SMILES string of the molecule is Cc1nc(CCn2ccnc2)n[nH]1. The number of aryl methyl sites for hydroxylation is 3. The highest BCUT2D eigenvalue weighted by Gasteiger charge is 1.99. The minimum atomic E-state index is 0.834. The van der Waals surface area contributed by atoms with Crippen LogP contribution >= 0.6 is 0 Å². The molecule has 0 aliphatic rings. The lowest BCUT2D eigenvalue weighted by molar-refractivity contribution is 0.672. The monoisotopic (exact) mass is 177 g/mol. The third kappa shape index (κ3) is 1.93. The molecule has 1 N–H and O–H groups in total. The first-order valence-electron chi connectivity index (χ1n) is 4.18. The molecule has 13 heavy (non-hydrogen) atoms. The van der Waals surface area contributed by atoms with Gasteiger partial charge < -0.3 is 4.57 Å². The summed E-state index contributed by atoms with van der Waals surface area (Å²) >= 11 is 0. The largest absolute Gasteiger partial charge is 0.337 e. The van der Waals surface area contributed by atoms with Gasteiger partial charge in [-0.2, -0.15) is 5.10 Å². The molecule has 5 heteroatoms. The highest BCUT2D eigenvalue weighted by Crippen LogP contribution is 1.95. The van der Waals surface area contributed by atoms with E-state index < -0.39 is 0 Å². The number of nitrogens with one attached hydrogen (secondary N) is 1. The number of aromatic nitrogens is 5. The van der Waals surface area contributed by atoms with Crippen LogP contribution in [0.5, 0.6) is 0 Å². The molecule has 0 bridgehead atoms. The fraction of sp³-hybridized carbons (Fsp3) is 0.375. The molecule has 2 rings (SSSR count). The summed E-state index contributed by atoms with van der Waals surface area (Å²) < 4.78 is 2.01. The smallest absolute Gasteiger partial charge is 0.152 e. The molecule has 5 nitrogen and oxygen atoms in total. The van der Waals surface area contributed by atoms with E-state index in [0.29, 0.717) is 0 Å². The molecule has 0 aliphatic heterocycles. The highest BCUT2D eigenvalue weighted by atomic mass is 15.2. The molecule has 0 saturated heterocycles. The van der Waals surface area contributed by atoms with Gasteiger partial charge >= 0.3 is 0 Å². The van der Waals surface area contributed by atoms with Gasteiger partial charge in [0.1, 0.15) is 5.82 Å². The maximum Gasteiger partial charge on any atom is 0.152 e. The normalized spacial score (nSPS) is 10.5. The van der Waals surface area contributed by atoms with E-state index in [1.54, 1.807) is 12.5 Å². The summed E-state index contributed by atoms with van der Waals surface area (Å²) in [5, 5.41) is 6.86. The summed E-state index contributed by atoms with van der Waals surface area (Å²) in [7, 11) is 0. The molecule has 2 aromatic heterocycles. The number of H-pyrrole nitrogens is 1. The summed E-state index contributed by atoms with van der Waals surface area (Å²) in [6.07, 6.45) is 6.32. The van der Waals surface area contributed by atoms with E-state index in [1.165, 1.54) is 0 Å². The second kappa shape index (κ2) is 3.38. The zero-order valence-electron chi connectivity index (χ0n) is 7.44. The number of imidazole rings is 1. The summed E-state index contributed by atoms with van der Waals surface area (Å²) in [6, 6.07) is 0. The van der Waals surface area contributed by atoms with Gasteiger partial charge in [-0.05, 0) is 6.92 Å². The Labute approximate surface area is 75.8 Å². The van der Waals surface area contributed by atoms with E-state index in [0.717, 1.165) is 24.6 Å². The number of nitrogens with zero attached hydrogens (tertiary/aromatic N) is 4. The Morgan fingerprint density at radius 3 is 3.08 bits per heavy atom. The van der Waals surface area contributed by atoms with Crippen molar-refractivity contribution < 1.29 is 0 Å². The molecule has 0 radical (unpaired) electrons. The Kier molecular flexibility index (Phi) is 2.08. The minimum absolute atomic E-state index is 0.834. The number of hydrogen-bond donors (Lipinski definition) is 1. The summed E-state index contributed by atoms with van der Waals surface area (Å²) in [6.45, 7) is 2.77. The van der Waals surface area contributed by atoms with Crippen molar-refractivity contribution >= 4 is 0 Å². The Morgan fingerprint density at radius 1 is 1.54 bits per heavy atom. The van der Waals surface area contributed by atoms with E-state index in [2.05, 4.69) is 20.2 Å². The van der Waals surface area contributed by atoms with Gasteiger partial charge in [-0.1, -0.05) is 0 Å². The molecule has 2 aromatic rings. The van der Waals surface area contributed by atoms with Gasteiger partial charge in [-0.25, -0.2) is 9.97 Å². The van der Waals surface area contributed by atoms with Gasteiger partial charge in [-0.15, -0.1) is 0 Å². The third-order valence-electron chi connectivity index (χ3n) is 1.80. The first kappa shape index (κ1) is 7.97. The molecular formula is C8H11N5. The van der Waals surface area contributed by atoms with Gasteiger partial charge in [0, 0.05) is 25.4 Å². The minimum Gasteiger partial charge on any atom is -0.337 e. The zero-order valence-corrected chi connectivity index (χ0v) is 7.44. The summed E-state index contributed by atoms with van der Waals surface area (Å²) in [5.41, 5.74) is 0. The first-order valence-corrected chi connectivity index (χ1v) is 4.18. The maximum absolute atomic E-state index is 4.21. The van der Waals surface area contributed by atoms with E-state index >= 15 is 0 Å². The average Bonchev–Trinajstić information content (AvgIpc) is 2.71. The average molecular weight is 177 g/mol. The van der Waals surface area contributed by atoms with Gasteiger partial charge in [0.25, 0.3) is 0 Å². The highest BCUT2D eigenvalue weighted by molar-refractivity contribution is 4.88. The lowest BCUT2D eigenvalue weighted by Crippen LogP contribution is -1.99. The zero-order chi connectivity index (χ0) is 9.10. The Balaban J connectivity index is 1.93. The van der Waals surface area contributed by atoms with Crippen molar-refractivity contribution in [2.24, 2.45) is 0 Å². The van der Waals surface area contributed by atoms with Crippen LogP contribution in [0.15, 0.2) is 18.7 Å². The van der Waals surface area contributed by atoms with E-state index in [4.69, 9.17) is 0 Å². The van der Waals surface area contributed by atoms with E-state index in [9.17, 15) is 0 Å². The second-order valence-electron chi connectivity index (χ2n) is 2.89. The fourth-order valence-corrected chi connectivity index (χ4v) is 1.15. The molecule has 0 aromatic carbocycles. The molecule has 0 fully saturated rings. The van der Waals surface area contributed by atoms with Crippen LogP contribution < -0.4 is 0 Å². The van der Waals surface area contributed by atoms with Crippen LogP contribution in [0.3, 0.4) is 0 Å². The van der Waals surface area contributed by atoms with Crippen LogP contribution in [0.25, 0.3) is 0 Å². The van der Waals surface area contributed by atoms with Gasteiger partial charge in [0.05, 0.1) is 6.33 Å². The quantitative estimate of drug-likeness (QED) is 0.744. The Bertz CT molecular complexity index is 362. The van der Waals surface area contributed by atoms with Crippen LogP contribution in [0, 0.1) is 6.92 Å². The van der Waals surface area contributed by atoms with Gasteiger partial charge in [0.2, 0.25) is 0 Å². The van der Waals surface area contributed by atoms with E-state index in [-0.39, 0.29) is 0 Å². The molecule has 68 valence electrons. The molecule has 0 aliphatic carbocycles. The van der Waals surface area contributed by atoms with E-state index in [1.807, 2.05) is 17.7 Å². The van der Waals surface area contributed by atoms with Gasteiger partial charge in [-0.3, -0.25) is 5.10 Å². The van der Waals surface area contributed by atoms with Crippen molar-refractivity contribution in [3.05, 3.63) is 30.4 Å². The molecule has 0 spiro atoms. The van der Waals surface area contributed by atoms with Crippen LogP contribution in [0.4, 0.5) is 0 Å². The molecule has 0 unspecified atom stereocenters. The lowest BCUT2D eigenvalue weighted by atomic mass is 10.4. The fourth-order valence-electron chi connectivity index (χ4n) is 1.15. The Hall–Kier alpha value is -1.65. The third-order valence-corrected chi connectivity index (χ3v) is 1.80. The van der Waals surface area contributed by atoms with Crippen LogP contribution in [0.1, 0.15) is 11.6 Å². The standard InChI is InChI=1S/C8H11N5/c1-7-10-8(12-11-7)2-4-13-5-3-9-6-13/h3,5-6H,2,4H2,1H3,(H,10,11,12). The molecule has 0 saturated carbocycles.